The lowest BCUT2D eigenvalue weighted by Gasteiger charge is -2.28. The summed E-state index contributed by atoms with van der Waals surface area (Å²) in [4.78, 5) is 22.2. The van der Waals surface area contributed by atoms with Crippen molar-refractivity contribution in [3.8, 4) is 11.5 Å². The monoisotopic (exact) mass is 439 g/mol. The zero-order valence-electron chi connectivity index (χ0n) is 17.2. The minimum Gasteiger partial charge on any atom is -0.486 e. The third-order valence-corrected chi connectivity index (χ3v) is 6.52. The van der Waals surface area contributed by atoms with Crippen molar-refractivity contribution in [3.05, 3.63) is 12.1 Å². The van der Waals surface area contributed by atoms with Gasteiger partial charge in [-0.15, -0.1) is 12.4 Å². The van der Waals surface area contributed by atoms with Crippen LogP contribution in [0.1, 0.15) is 38.5 Å². The number of anilines is 1. The number of rotatable bonds is 6. The van der Waals surface area contributed by atoms with Gasteiger partial charge < -0.3 is 14.4 Å². The molecule has 1 aliphatic heterocycles. The highest BCUT2D eigenvalue weighted by Crippen LogP contribution is 2.39. The van der Waals surface area contributed by atoms with Gasteiger partial charge in [0.05, 0.1) is 10.2 Å². The number of aromatic nitrogens is 1. The number of nitrogens with zero attached hydrogens (tertiary/aromatic N) is 3. The number of carbonyl (C=O) groups is 1. The van der Waals surface area contributed by atoms with Crippen molar-refractivity contribution in [1.29, 1.82) is 0 Å². The third kappa shape index (κ3) is 5.13. The SMILES string of the molecule is CN(C)CCCN(C(=O)C1CCCCC1)c1nc2cc3c(cc2s1)OCCO3.Cl. The van der Waals surface area contributed by atoms with Crippen LogP contribution in [0, 0.1) is 5.92 Å². The smallest absolute Gasteiger partial charge is 0.231 e. The van der Waals surface area contributed by atoms with E-state index in [1.54, 1.807) is 11.3 Å². The van der Waals surface area contributed by atoms with E-state index in [1.807, 2.05) is 17.0 Å². The van der Waals surface area contributed by atoms with Crippen LogP contribution in [0.25, 0.3) is 10.2 Å². The largest absolute Gasteiger partial charge is 0.486 e. The Labute approximate surface area is 182 Å². The molecule has 0 N–H and O–H groups in total. The summed E-state index contributed by atoms with van der Waals surface area (Å²) in [5.74, 6) is 1.90. The predicted molar refractivity (Wildman–Crippen MR) is 120 cm³/mol. The van der Waals surface area contributed by atoms with Gasteiger partial charge in [0.2, 0.25) is 5.91 Å². The molecule has 0 unspecified atom stereocenters. The molecule has 1 aromatic carbocycles. The first-order chi connectivity index (χ1) is 13.6. The maximum atomic E-state index is 13.3. The van der Waals surface area contributed by atoms with Gasteiger partial charge in [0.15, 0.2) is 16.6 Å². The molecule has 2 heterocycles. The summed E-state index contributed by atoms with van der Waals surface area (Å²) in [5, 5.41) is 0.798. The van der Waals surface area contributed by atoms with E-state index >= 15 is 0 Å². The van der Waals surface area contributed by atoms with Crippen LogP contribution in [0.3, 0.4) is 0 Å². The lowest BCUT2D eigenvalue weighted by atomic mass is 9.88. The molecule has 0 spiro atoms. The standard InChI is InChI=1S/C21H29N3O3S.ClH/c1-23(2)9-6-10-24(20(25)15-7-4-3-5-8-15)21-22-16-13-17-18(14-19(16)28-21)27-12-11-26-17;/h13-15H,3-12H2,1-2H3;1H. The molecule has 6 nitrogen and oxygen atoms in total. The highest BCUT2D eigenvalue weighted by Gasteiger charge is 2.29. The van der Waals surface area contributed by atoms with Crippen molar-refractivity contribution in [2.24, 2.45) is 5.92 Å². The van der Waals surface area contributed by atoms with Crippen molar-refractivity contribution in [2.75, 3.05) is 45.3 Å². The Bertz CT molecular complexity index is 793. The molecular formula is C21H30ClN3O3S. The summed E-state index contributed by atoms with van der Waals surface area (Å²) in [6.07, 6.45) is 6.50. The maximum absolute atomic E-state index is 13.3. The second-order valence-electron chi connectivity index (χ2n) is 7.94. The Morgan fingerprint density at radius 1 is 1.10 bits per heavy atom. The number of hydrogen-bond donors (Lipinski definition) is 0. The Hall–Kier alpha value is -1.57. The van der Waals surface area contributed by atoms with Gasteiger partial charge in [0, 0.05) is 24.6 Å². The summed E-state index contributed by atoms with van der Waals surface area (Å²) in [7, 11) is 4.13. The number of amides is 1. The van der Waals surface area contributed by atoms with Gasteiger partial charge in [0.1, 0.15) is 13.2 Å². The highest BCUT2D eigenvalue weighted by molar-refractivity contribution is 7.22. The molecule has 0 bridgehead atoms. The molecule has 1 aliphatic carbocycles. The van der Waals surface area contributed by atoms with E-state index in [0.29, 0.717) is 19.8 Å². The fourth-order valence-corrected chi connectivity index (χ4v) is 4.99. The number of thiazole rings is 1. The molecule has 1 amide bonds. The second kappa shape index (κ2) is 9.96. The van der Waals surface area contributed by atoms with E-state index in [-0.39, 0.29) is 24.2 Å². The molecule has 1 fully saturated rings. The highest BCUT2D eigenvalue weighted by atomic mass is 35.5. The van der Waals surface area contributed by atoms with Crippen LogP contribution in [0.4, 0.5) is 5.13 Å². The molecule has 8 heteroatoms. The first-order valence-corrected chi connectivity index (χ1v) is 11.1. The Morgan fingerprint density at radius 3 is 2.48 bits per heavy atom. The van der Waals surface area contributed by atoms with Crippen LogP contribution in [-0.2, 0) is 4.79 Å². The van der Waals surface area contributed by atoms with Gasteiger partial charge in [-0.3, -0.25) is 9.69 Å². The molecule has 0 radical (unpaired) electrons. The third-order valence-electron chi connectivity index (χ3n) is 5.48. The van der Waals surface area contributed by atoms with E-state index in [1.165, 1.54) is 6.42 Å². The average molecular weight is 440 g/mol. The summed E-state index contributed by atoms with van der Waals surface area (Å²) < 4.78 is 12.4. The Balaban J connectivity index is 0.00000240. The zero-order valence-corrected chi connectivity index (χ0v) is 18.8. The van der Waals surface area contributed by atoms with Gasteiger partial charge in [-0.05, 0) is 39.9 Å². The predicted octanol–water partition coefficient (Wildman–Crippen LogP) is 4.35. The minimum absolute atomic E-state index is 0. The second-order valence-corrected chi connectivity index (χ2v) is 8.95. The van der Waals surface area contributed by atoms with Gasteiger partial charge >= 0.3 is 0 Å². The number of benzene rings is 1. The van der Waals surface area contributed by atoms with Crippen molar-refractivity contribution in [2.45, 2.75) is 38.5 Å². The van der Waals surface area contributed by atoms with Gasteiger partial charge in [-0.25, -0.2) is 4.98 Å². The normalized spacial score (nSPS) is 16.7. The molecular weight excluding hydrogens is 410 g/mol. The molecule has 0 saturated heterocycles. The lowest BCUT2D eigenvalue weighted by Crippen LogP contribution is -2.38. The van der Waals surface area contributed by atoms with Crippen LogP contribution >= 0.6 is 23.7 Å². The van der Waals surface area contributed by atoms with Gasteiger partial charge in [0.25, 0.3) is 0 Å². The van der Waals surface area contributed by atoms with Crippen LogP contribution in [0.2, 0.25) is 0 Å². The Kier molecular flexibility index (Phi) is 7.60. The molecule has 29 heavy (non-hydrogen) atoms. The number of halogens is 1. The lowest BCUT2D eigenvalue weighted by molar-refractivity contribution is -0.123. The van der Waals surface area contributed by atoms with E-state index in [2.05, 4.69) is 19.0 Å². The number of carbonyl (C=O) groups excluding carboxylic acids is 1. The van der Waals surface area contributed by atoms with Crippen molar-refractivity contribution >= 4 is 45.0 Å². The quantitative estimate of drug-likeness (QED) is 0.669. The maximum Gasteiger partial charge on any atom is 0.231 e. The van der Waals surface area contributed by atoms with Crippen molar-refractivity contribution in [1.82, 2.24) is 9.88 Å². The van der Waals surface area contributed by atoms with Crippen molar-refractivity contribution in [3.63, 3.8) is 0 Å². The molecule has 2 aromatic rings. The van der Waals surface area contributed by atoms with E-state index < -0.39 is 0 Å². The molecule has 1 aromatic heterocycles. The molecule has 160 valence electrons. The van der Waals surface area contributed by atoms with Crippen LogP contribution in [0.15, 0.2) is 12.1 Å². The topological polar surface area (TPSA) is 54.9 Å². The molecule has 1 saturated carbocycles. The average Bonchev–Trinajstić information content (AvgIpc) is 3.11. The summed E-state index contributed by atoms with van der Waals surface area (Å²) >= 11 is 1.57. The van der Waals surface area contributed by atoms with Gasteiger partial charge in [-0.2, -0.15) is 0 Å². The molecule has 4 rings (SSSR count). The van der Waals surface area contributed by atoms with Gasteiger partial charge in [-0.1, -0.05) is 30.6 Å². The first-order valence-electron chi connectivity index (χ1n) is 10.3. The Morgan fingerprint density at radius 2 is 1.79 bits per heavy atom. The summed E-state index contributed by atoms with van der Waals surface area (Å²) in [6, 6.07) is 3.93. The fraction of sp³-hybridized carbons (Fsp3) is 0.619. The number of hydrogen-bond acceptors (Lipinski definition) is 6. The van der Waals surface area contributed by atoms with Crippen molar-refractivity contribution < 1.29 is 14.3 Å². The first kappa shape index (κ1) is 22.1. The number of ether oxygens (including phenoxy) is 2. The number of fused-ring (bicyclic) bond motifs is 2. The van der Waals surface area contributed by atoms with Crippen LogP contribution in [-0.4, -0.2) is 56.2 Å². The van der Waals surface area contributed by atoms with E-state index in [9.17, 15) is 4.79 Å². The molecule has 2 aliphatic rings. The minimum atomic E-state index is 0. The fourth-order valence-electron chi connectivity index (χ4n) is 3.98. The molecule has 0 atom stereocenters. The zero-order chi connectivity index (χ0) is 19.5. The van der Waals surface area contributed by atoms with Crippen LogP contribution < -0.4 is 14.4 Å². The summed E-state index contributed by atoms with van der Waals surface area (Å²) in [6.45, 7) is 2.79. The van der Waals surface area contributed by atoms with E-state index in [0.717, 1.165) is 65.5 Å². The summed E-state index contributed by atoms with van der Waals surface area (Å²) in [5.41, 5.74) is 0.873. The van der Waals surface area contributed by atoms with Crippen LogP contribution in [0.5, 0.6) is 11.5 Å². The van der Waals surface area contributed by atoms with E-state index in [4.69, 9.17) is 14.5 Å².